The maximum atomic E-state index is 12.6. The Morgan fingerprint density at radius 1 is 1.29 bits per heavy atom. The standard InChI is InChI=1S/C19H14N4O4S/c20-8-13-10-6-3-7-14(10)28-17(13)21-15(24)9-23-18(25)12-5-2-1-4-11(12)16(22-23)19(26)27/h1-2,4-5H,3,6-7,9H2,(H,21,24)(H,26,27)/p-1. The number of nitriles is 1. The minimum absolute atomic E-state index is 0.136. The highest BCUT2D eigenvalue weighted by atomic mass is 32.1. The molecule has 0 fully saturated rings. The summed E-state index contributed by atoms with van der Waals surface area (Å²) < 4.78 is 0.802. The van der Waals surface area contributed by atoms with Gasteiger partial charge >= 0.3 is 0 Å². The van der Waals surface area contributed by atoms with Crippen molar-refractivity contribution in [3.8, 4) is 6.07 Å². The van der Waals surface area contributed by atoms with Gasteiger partial charge in [-0.15, -0.1) is 11.3 Å². The lowest BCUT2D eigenvalue weighted by molar-refractivity contribution is -0.255. The van der Waals surface area contributed by atoms with Gasteiger partial charge in [0, 0.05) is 10.3 Å². The lowest BCUT2D eigenvalue weighted by atomic mass is 10.1. The number of hydrogen-bond donors (Lipinski definition) is 1. The fraction of sp³-hybridized carbons (Fsp3) is 0.211. The van der Waals surface area contributed by atoms with Crippen LogP contribution < -0.4 is 16.0 Å². The van der Waals surface area contributed by atoms with Crippen LogP contribution in [0.4, 0.5) is 5.00 Å². The average Bonchev–Trinajstić information content (AvgIpc) is 3.24. The fourth-order valence-electron chi connectivity index (χ4n) is 3.41. The van der Waals surface area contributed by atoms with Crippen molar-refractivity contribution in [3.05, 3.63) is 56.3 Å². The number of aromatic nitrogens is 2. The van der Waals surface area contributed by atoms with Crippen molar-refractivity contribution in [3.63, 3.8) is 0 Å². The largest absolute Gasteiger partial charge is 0.543 e. The Morgan fingerprint density at radius 3 is 2.75 bits per heavy atom. The number of amides is 1. The summed E-state index contributed by atoms with van der Waals surface area (Å²) in [7, 11) is 0. The molecule has 4 rings (SSSR count). The lowest BCUT2D eigenvalue weighted by Crippen LogP contribution is -2.34. The molecule has 0 bridgehead atoms. The van der Waals surface area contributed by atoms with Crippen LogP contribution in [0.1, 0.15) is 32.9 Å². The zero-order chi connectivity index (χ0) is 19.8. The molecule has 1 aliphatic rings. The summed E-state index contributed by atoms with van der Waals surface area (Å²) in [5, 5.41) is 28.0. The molecule has 9 heteroatoms. The molecule has 0 saturated heterocycles. The number of hydrogen-bond acceptors (Lipinski definition) is 7. The van der Waals surface area contributed by atoms with Crippen LogP contribution in [0.2, 0.25) is 0 Å². The normalized spacial score (nSPS) is 12.5. The molecular formula is C19H13N4O4S-. The number of carboxylic acid groups (broad SMARTS) is 1. The van der Waals surface area contributed by atoms with E-state index in [1.165, 1.54) is 23.5 Å². The second-order valence-electron chi connectivity index (χ2n) is 6.37. The number of aryl methyl sites for hydroxylation is 1. The van der Waals surface area contributed by atoms with Gasteiger partial charge in [0.2, 0.25) is 5.91 Å². The van der Waals surface area contributed by atoms with Gasteiger partial charge in [0.25, 0.3) is 5.56 Å². The summed E-state index contributed by atoms with van der Waals surface area (Å²) in [6.45, 7) is -0.475. The van der Waals surface area contributed by atoms with Crippen molar-refractivity contribution in [2.75, 3.05) is 5.32 Å². The van der Waals surface area contributed by atoms with Crippen molar-refractivity contribution in [1.82, 2.24) is 9.78 Å². The van der Waals surface area contributed by atoms with Gasteiger partial charge < -0.3 is 15.2 Å². The molecule has 1 aliphatic carbocycles. The van der Waals surface area contributed by atoms with E-state index in [1.54, 1.807) is 12.1 Å². The van der Waals surface area contributed by atoms with Crippen molar-refractivity contribution in [2.24, 2.45) is 0 Å². The second kappa shape index (κ2) is 6.90. The predicted octanol–water partition coefficient (Wildman–Crippen LogP) is 0.821. The lowest BCUT2D eigenvalue weighted by Gasteiger charge is -2.11. The van der Waals surface area contributed by atoms with E-state index in [0.717, 1.165) is 34.4 Å². The predicted molar refractivity (Wildman–Crippen MR) is 100 cm³/mol. The first-order chi connectivity index (χ1) is 13.5. The SMILES string of the molecule is N#Cc1c(NC(=O)Cn2nc(C(=O)[O-])c3ccccc3c2=O)sc2c1CCC2. The van der Waals surface area contributed by atoms with Crippen LogP contribution in [-0.2, 0) is 24.2 Å². The molecule has 1 N–H and O–H groups in total. The number of carboxylic acids is 1. The third-order valence-electron chi connectivity index (χ3n) is 4.64. The van der Waals surface area contributed by atoms with E-state index >= 15 is 0 Å². The summed E-state index contributed by atoms with van der Waals surface area (Å²) in [6.07, 6.45) is 2.68. The van der Waals surface area contributed by atoms with E-state index < -0.39 is 29.7 Å². The second-order valence-corrected chi connectivity index (χ2v) is 7.47. The Morgan fingerprint density at radius 2 is 2.04 bits per heavy atom. The van der Waals surface area contributed by atoms with Gasteiger partial charge in [-0.25, -0.2) is 4.68 Å². The third-order valence-corrected chi connectivity index (χ3v) is 5.85. The number of rotatable bonds is 4. The molecule has 0 spiro atoms. The molecule has 8 nitrogen and oxygen atoms in total. The van der Waals surface area contributed by atoms with Gasteiger partial charge in [-0.1, -0.05) is 18.2 Å². The third kappa shape index (κ3) is 2.93. The molecule has 140 valence electrons. The van der Waals surface area contributed by atoms with Crippen LogP contribution in [0.5, 0.6) is 0 Å². The summed E-state index contributed by atoms with van der Waals surface area (Å²) in [5.41, 5.74) is 0.448. The molecule has 1 amide bonds. The summed E-state index contributed by atoms with van der Waals surface area (Å²) >= 11 is 1.36. The number of anilines is 1. The Balaban J connectivity index is 1.67. The summed E-state index contributed by atoms with van der Waals surface area (Å²) in [5.74, 6) is -2.10. The summed E-state index contributed by atoms with van der Waals surface area (Å²) in [4.78, 5) is 37.5. The number of fused-ring (bicyclic) bond motifs is 2. The van der Waals surface area contributed by atoms with E-state index in [-0.39, 0.29) is 10.8 Å². The Bertz CT molecular complexity index is 1240. The highest BCUT2D eigenvalue weighted by Crippen LogP contribution is 2.38. The van der Waals surface area contributed by atoms with Crippen molar-refractivity contribution >= 4 is 39.0 Å². The van der Waals surface area contributed by atoms with Crippen molar-refractivity contribution in [2.45, 2.75) is 25.8 Å². The van der Waals surface area contributed by atoms with E-state index in [9.17, 15) is 24.8 Å². The van der Waals surface area contributed by atoms with Crippen LogP contribution in [0, 0.1) is 11.3 Å². The molecular weight excluding hydrogens is 380 g/mol. The molecule has 2 heterocycles. The molecule has 0 unspecified atom stereocenters. The van der Waals surface area contributed by atoms with Gasteiger partial charge in [0.05, 0.1) is 16.9 Å². The smallest absolute Gasteiger partial charge is 0.275 e. The number of nitrogens with zero attached hydrogens (tertiary/aromatic N) is 3. The number of carbonyl (C=O) groups excluding carboxylic acids is 2. The Hall–Kier alpha value is -3.51. The minimum Gasteiger partial charge on any atom is -0.543 e. The number of nitrogens with one attached hydrogen (secondary N) is 1. The highest BCUT2D eigenvalue weighted by Gasteiger charge is 2.23. The molecule has 0 radical (unpaired) electrons. The van der Waals surface area contributed by atoms with Gasteiger partial charge in [0.1, 0.15) is 23.3 Å². The van der Waals surface area contributed by atoms with Crippen LogP contribution in [0.15, 0.2) is 29.1 Å². The van der Waals surface area contributed by atoms with Crippen LogP contribution >= 0.6 is 11.3 Å². The first-order valence-electron chi connectivity index (χ1n) is 8.55. The van der Waals surface area contributed by atoms with Gasteiger partial charge in [-0.05, 0) is 30.9 Å². The Kier molecular flexibility index (Phi) is 4.41. The number of thiophene rings is 1. The molecule has 28 heavy (non-hydrogen) atoms. The Labute approximate surface area is 162 Å². The average molecular weight is 393 g/mol. The first-order valence-corrected chi connectivity index (χ1v) is 9.37. The number of benzene rings is 1. The maximum absolute atomic E-state index is 12.6. The van der Waals surface area contributed by atoms with Crippen molar-refractivity contribution in [1.29, 1.82) is 5.26 Å². The fourth-order valence-corrected chi connectivity index (χ4v) is 4.66. The maximum Gasteiger partial charge on any atom is 0.275 e. The molecule has 0 atom stereocenters. The molecule has 2 aromatic heterocycles. The van der Waals surface area contributed by atoms with E-state index in [4.69, 9.17) is 0 Å². The zero-order valence-electron chi connectivity index (χ0n) is 14.5. The van der Waals surface area contributed by atoms with Gasteiger partial charge in [-0.3, -0.25) is 9.59 Å². The molecule has 1 aromatic carbocycles. The van der Waals surface area contributed by atoms with Crippen LogP contribution in [0.3, 0.4) is 0 Å². The summed E-state index contributed by atoms with van der Waals surface area (Å²) in [6, 6.07) is 8.25. The quantitative estimate of drug-likeness (QED) is 0.699. The van der Waals surface area contributed by atoms with Crippen LogP contribution in [0.25, 0.3) is 10.8 Å². The monoisotopic (exact) mass is 393 g/mol. The first kappa shape index (κ1) is 17.9. The van der Waals surface area contributed by atoms with Crippen molar-refractivity contribution < 1.29 is 14.7 Å². The highest BCUT2D eigenvalue weighted by molar-refractivity contribution is 7.16. The van der Waals surface area contributed by atoms with Gasteiger partial charge in [0.15, 0.2) is 0 Å². The molecule has 3 aromatic rings. The zero-order valence-corrected chi connectivity index (χ0v) is 15.3. The number of carbonyl (C=O) groups is 2. The van der Waals surface area contributed by atoms with E-state index in [1.807, 2.05) is 0 Å². The molecule has 0 saturated carbocycles. The van der Waals surface area contributed by atoms with E-state index in [0.29, 0.717) is 10.6 Å². The van der Waals surface area contributed by atoms with Gasteiger partial charge in [-0.2, -0.15) is 10.4 Å². The van der Waals surface area contributed by atoms with E-state index in [2.05, 4.69) is 16.5 Å². The topological polar surface area (TPSA) is 128 Å². The van der Waals surface area contributed by atoms with Crippen LogP contribution in [-0.4, -0.2) is 21.7 Å². The minimum atomic E-state index is -1.54. The molecule has 0 aliphatic heterocycles. The number of aromatic carboxylic acids is 1.